The smallest absolute Gasteiger partial charge is 0.223 e. The Labute approximate surface area is 128 Å². The minimum Gasteiger partial charge on any atom is -0.354 e. The van der Waals surface area contributed by atoms with Gasteiger partial charge in [0.15, 0.2) is 0 Å². The summed E-state index contributed by atoms with van der Waals surface area (Å²) >= 11 is 0. The quantitative estimate of drug-likeness (QED) is 0.847. The Morgan fingerprint density at radius 3 is 2.29 bits per heavy atom. The van der Waals surface area contributed by atoms with Crippen LogP contribution in [0.2, 0.25) is 0 Å². The summed E-state index contributed by atoms with van der Waals surface area (Å²) in [6.07, 6.45) is 3.13. The van der Waals surface area contributed by atoms with Gasteiger partial charge in [0.2, 0.25) is 5.91 Å². The number of carbonyl (C=O) groups excluding carboxylic acids is 1. The molecule has 1 aliphatic rings. The first-order chi connectivity index (χ1) is 10.1. The van der Waals surface area contributed by atoms with Gasteiger partial charge in [-0.15, -0.1) is 0 Å². The fourth-order valence-corrected chi connectivity index (χ4v) is 3.05. The lowest BCUT2D eigenvalue weighted by Crippen LogP contribution is -3.11. The number of carbonyl (C=O) groups is 1. The van der Waals surface area contributed by atoms with Gasteiger partial charge in [-0.3, -0.25) is 4.79 Å². The third-order valence-electron chi connectivity index (χ3n) is 4.38. The second-order valence-corrected chi connectivity index (χ2v) is 6.53. The van der Waals surface area contributed by atoms with Crippen LogP contribution < -0.4 is 10.2 Å². The number of piperidine rings is 1. The van der Waals surface area contributed by atoms with Crippen LogP contribution in [-0.2, 0) is 17.8 Å². The van der Waals surface area contributed by atoms with Gasteiger partial charge in [-0.1, -0.05) is 31.2 Å². The van der Waals surface area contributed by atoms with E-state index in [0.717, 1.165) is 38.9 Å². The molecule has 0 aromatic heterocycles. The SMILES string of the molecule is CCc1ccc(C[NH+]2CCC(C(=O)NC(C)C)CC2)cc1. The molecule has 0 atom stereocenters. The fraction of sp³-hybridized carbons (Fsp3) is 0.611. The maximum Gasteiger partial charge on any atom is 0.223 e. The third kappa shape index (κ3) is 4.85. The van der Waals surface area contributed by atoms with Gasteiger partial charge in [-0.05, 0) is 25.8 Å². The molecule has 1 heterocycles. The van der Waals surface area contributed by atoms with Crippen molar-refractivity contribution < 1.29 is 9.69 Å². The summed E-state index contributed by atoms with van der Waals surface area (Å²) in [5, 5.41) is 3.04. The monoisotopic (exact) mass is 289 g/mol. The second-order valence-electron chi connectivity index (χ2n) is 6.53. The number of benzene rings is 1. The molecule has 0 unspecified atom stereocenters. The van der Waals surface area contributed by atoms with Crippen LogP contribution in [0.4, 0.5) is 0 Å². The Hall–Kier alpha value is -1.35. The summed E-state index contributed by atoms with van der Waals surface area (Å²) in [6, 6.07) is 9.22. The van der Waals surface area contributed by atoms with Crippen LogP contribution in [0.15, 0.2) is 24.3 Å². The van der Waals surface area contributed by atoms with Crippen molar-refractivity contribution in [1.29, 1.82) is 0 Å². The van der Waals surface area contributed by atoms with Gasteiger partial charge in [0.05, 0.1) is 13.1 Å². The summed E-state index contributed by atoms with van der Waals surface area (Å²) in [5.41, 5.74) is 2.81. The largest absolute Gasteiger partial charge is 0.354 e. The molecular formula is C18H29N2O+. The average molecular weight is 289 g/mol. The fourth-order valence-electron chi connectivity index (χ4n) is 3.05. The van der Waals surface area contributed by atoms with E-state index in [9.17, 15) is 4.79 Å². The molecule has 1 saturated heterocycles. The molecule has 3 heteroatoms. The molecule has 1 aliphatic heterocycles. The maximum atomic E-state index is 12.0. The molecular weight excluding hydrogens is 260 g/mol. The van der Waals surface area contributed by atoms with E-state index in [1.54, 1.807) is 4.90 Å². The predicted octanol–water partition coefficient (Wildman–Crippen LogP) is 1.57. The van der Waals surface area contributed by atoms with Gasteiger partial charge in [0.1, 0.15) is 6.54 Å². The van der Waals surface area contributed by atoms with E-state index in [2.05, 4.69) is 36.5 Å². The highest BCUT2D eigenvalue weighted by Gasteiger charge is 2.27. The van der Waals surface area contributed by atoms with Crippen molar-refractivity contribution in [3.05, 3.63) is 35.4 Å². The van der Waals surface area contributed by atoms with Gasteiger partial charge >= 0.3 is 0 Å². The first kappa shape index (κ1) is 16.0. The lowest BCUT2D eigenvalue weighted by atomic mass is 9.95. The Kier molecular flexibility index (Phi) is 5.80. The maximum absolute atomic E-state index is 12.0. The van der Waals surface area contributed by atoms with E-state index in [1.165, 1.54) is 11.1 Å². The number of likely N-dealkylation sites (tertiary alicyclic amines) is 1. The second kappa shape index (κ2) is 7.60. The molecule has 0 saturated carbocycles. The van der Waals surface area contributed by atoms with Gasteiger partial charge in [-0.25, -0.2) is 0 Å². The lowest BCUT2D eigenvalue weighted by molar-refractivity contribution is -0.919. The Morgan fingerprint density at radius 2 is 1.76 bits per heavy atom. The van der Waals surface area contributed by atoms with E-state index in [0.29, 0.717) is 0 Å². The highest BCUT2D eigenvalue weighted by Crippen LogP contribution is 2.11. The van der Waals surface area contributed by atoms with E-state index < -0.39 is 0 Å². The van der Waals surface area contributed by atoms with Gasteiger partial charge in [-0.2, -0.15) is 0 Å². The van der Waals surface area contributed by atoms with Crippen molar-refractivity contribution in [2.45, 2.75) is 52.6 Å². The Balaban J connectivity index is 1.79. The van der Waals surface area contributed by atoms with Crippen molar-refractivity contribution in [3.8, 4) is 0 Å². The number of hydrogen-bond donors (Lipinski definition) is 2. The van der Waals surface area contributed by atoms with Gasteiger partial charge in [0.25, 0.3) is 0 Å². The highest BCUT2D eigenvalue weighted by molar-refractivity contribution is 5.78. The zero-order valence-electron chi connectivity index (χ0n) is 13.6. The minimum atomic E-state index is 0.221. The van der Waals surface area contributed by atoms with Gasteiger partial charge < -0.3 is 10.2 Å². The summed E-state index contributed by atoms with van der Waals surface area (Å²) in [6.45, 7) is 9.53. The lowest BCUT2D eigenvalue weighted by Gasteiger charge is -2.29. The summed E-state index contributed by atoms with van der Waals surface area (Å²) < 4.78 is 0. The van der Waals surface area contributed by atoms with Crippen molar-refractivity contribution in [1.82, 2.24) is 5.32 Å². The van der Waals surface area contributed by atoms with Crippen LogP contribution >= 0.6 is 0 Å². The molecule has 1 fully saturated rings. The highest BCUT2D eigenvalue weighted by atomic mass is 16.1. The molecule has 0 spiro atoms. The topological polar surface area (TPSA) is 33.5 Å². The molecule has 1 amide bonds. The van der Waals surface area contributed by atoms with E-state index >= 15 is 0 Å². The summed E-state index contributed by atoms with van der Waals surface area (Å²) in [5.74, 6) is 0.468. The van der Waals surface area contributed by atoms with Gasteiger partial charge in [0, 0.05) is 30.4 Å². The van der Waals surface area contributed by atoms with E-state index in [-0.39, 0.29) is 17.9 Å². The number of nitrogens with one attached hydrogen (secondary N) is 2. The molecule has 3 nitrogen and oxygen atoms in total. The van der Waals surface area contributed by atoms with E-state index in [4.69, 9.17) is 0 Å². The first-order valence-electron chi connectivity index (χ1n) is 8.30. The Morgan fingerprint density at radius 1 is 1.19 bits per heavy atom. The average Bonchev–Trinajstić information content (AvgIpc) is 2.48. The molecule has 1 aromatic rings. The zero-order chi connectivity index (χ0) is 15.2. The standard InChI is InChI=1S/C18H28N2O/c1-4-15-5-7-16(8-6-15)13-20-11-9-17(10-12-20)18(21)19-14(2)3/h5-8,14,17H,4,9-13H2,1-3H3,(H,19,21)/p+1. The number of amides is 1. The van der Waals surface area contributed by atoms with Crippen LogP contribution in [0, 0.1) is 5.92 Å². The molecule has 21 heavy (non-hydrogen) atoms. The van der Waals surface area contributed by atoms with Crippen molar-refractivity contribution >= 4 is 5.91 Å². The number of hydrogen-bond acceptors (Lipinski definition) is 1. The molecule has 1 aromatic carbocycles. The van der Waals surface area contributed by atoms with Crippen LogP contribution in [0.25, 0.3) is 0 Å². The normalized spacial score (nSPS) is 22.3. The molecule has 0 bridgehead atoms. The molecule has 116 valence electrons. The first-order valence-corrected chi connectivity index (χ1v) is 8.30. The molecule has 2 N–H and O–H groups in total. The van der Waals surface area contributed by atoms with E-state index in [1.807, 2.05) is 13.8 Å². The van der Waals surface area contributed by atoms with Crippen LogP contribution in [0.3, 0.4) is 0 Å². The summed E-state index contributed by atoms with van der Waals surface area (Å²) in [4.78, 5) is 13.6. The van der Waals surface area contributed by atoms with Crippen LogP contribution in [0.5, 0.6) is 0 Å². The molecule has 0 aliphatic carbocycles. The van der Waals surface area contributed by atoms with Crippen molar-refractivity contribution in [3.63, 3.8) is 0 Å². The van der Waals surface area contributed by atoms with Crippen molar-refractivity contribution in [2.75, 3.05) is 13.1 Å². The minimum absolute atomic E-state index is 0.221. The summed E-state index contributed by atoms with van der Waals surface area (Å²) in [7, 11) is 0. The Bertz CT molecular complexity index is 445. The molecule has 2 rings (SSSR count). The van der Waals surface area contributed by atoms with Crippen molar-refractivity contribution in [2.24, 2.45) is 5.92 Å². The van der Waals surface area contributed by atoms with Crippen LogP contribution in [0.1, 0.15) is 44.7 Å². The third-order valence-corrected chi connectivity index (χ3v) is 4.38. The number of rotatable bonds is 5. The van der Waals surface area contributed by atoms with Crippen LogP contribution in [-0.4, -0.2) is 25.0 Å². The predicted molar refractivity (Wildman–Crippen MR) is 86.2 cm³/mol. The number of aryl methyl sites for hydroxylation is 1. The zero-order valence-corrected chi connectivity index (χ0v) is 13.6. The molecule has 0 radical (unpaired) electrons. The number of quaternary nitrogens is 1.